The SMILES string of the molecule is [C-]#[N+]c1ccccc1-c1c(-c2ccccc2)n(S(=O)(=O)c2ccc(C)cc2)c2ccccc12. The second kappa shape index (κ2) is 8.09. The molecule has 0 spiro atoms. The van der Waals surface area contributed by atoms with E-state index in [1.807, 2.05) is 79.7 Å². The molecule has 33 heavy (non-hydrogen) atoms. The first-order valence-electron chi connectivity index (χ1n) is 10.5. The van der Waals surface area contributed by atoms with Gasteiger partial charge in [-0.3, -0.25) is 0 Å². The Morgan fingerprint density at radius 2 is 1.39 bits per heavy atom. The molecule has 0 saturated heterocycles. The standard InChI is InChI=1S/C28H20N2O2S/c1-20-16-18-22(19-17-20)33(31,32)30-26-15-9-7-13-24(26)27(23-12-6-8-14-25(23)29-2)28(30)21-10-4-3-5-11-21/h3-19H,1H3. The summed E-state index contributed by atoms with van der Waals surface area (Å²) in [7, 11) is -3.93. The van der Waals surface area contributed by atoms with Crippen molar-refractivity contribution in [2.45, 2.75) is 11.8 Å². The average molecular weight is 449 g/mol. The average Bonchev–Trinajstić information content (AvgIpc) is 3.20. The number of aromatic nitrogens is 1. The molecule has 0 aliphatic carbocycles. The van der Waals surface area contributed by atoms with Gasteiger partial charge in [-0.1, -0.05) is 90.5 Å². The molecule has 0 radical (unpaired) electrons. The number of fused-ring (bicyclic) bond motifs is 1. The Hall–Kier alpha value is -4.14. The van der Waals surface area contributed by atoms with Crippen LogP contribution in [0.2, 0.25) is 0 Å². The summed E-state index contributed by atoms with van der Waals surface area (Å²) >= 11 is 0. The second-order valence-corrected chi connectivity index (χ2v) is 9.60. The Morgan fingerprint density at radius 3 is 2.12 bits per heavy atom. The van der Waals surface area contributed by atoms with Gasteiger partial charge in [0, 0.05) is 10.9 Å². The fraction of sp³-hybridized carbons (Fsp3) is 0.0357. The number of benzene rings is 4. The van der Waals surface area contributed by atoms with Gasteiger partial charge in [-0.2, -0.15) is 0 Å². The van der Waals surface area contributed by atoms with Gasteiger partial charge >= 0.3 is 0 Å². The highest BCUT2D eigenvalue weighted by atomic mass is 32.2. The molecule has 0 amide bonds. The number of nitrogens with zero attached hydrogens (tertiary/aromatic N) is 2. The normalized spacial score (nSPS) is 11.4. The Morgan fingerprint density at radius 1 is 0.758 bits per heavy atom. The summed E-state index contributed by atoms with van der Waals surface area (Å²) in [5, 5.41) is 0.781. The van der Waals surface area contributed by atoms with Crippen molar-refractivity contribution in [1.82, 2.24) is 3.97 Å². The lowest BCUT2D eigenvalue weighted by molar-refractivity contribution is 0.589. The zero-order valence-corrected chi connectivity index (χ0v) is 18.8. The van der Waals surface area contributed by atoms with Gasteiger partial charge in [0.2, 0.25) is 0 Å². The van der Waals surface area contributed by atoms with Gasteiger partial charge in [0.15, 0.2) is 5.69 Å². The van der Waals surface area contributed by atoms with E-state index in [1.54, 1.807) is 30.3 Å². The van der Waals surface area contributed by atoms with E-state index < -0.39 is 10.0 Å². The number of hydrogen-bond donors (Lipinski definition) is 0. The summed E-state index contributed by atoms with van der Waals surface area (Å²) < 4.78 is 29.5. The molecule has 5 heteroatoms. The third kappa shape index (κ3) is 3.42. The van der Waals surface area contributed by atoms with Gasteiger partial charge in [0.1, 0.15) is 0 Å². The van der Waals surface area contributed by atoms with E-state index in [1.165, 1.54) is 3.97 Å². The summed E-state index contributed by atoms with van der Waals surface area (Å²) in [6.07, 6.45) is 0. The summed E-state index contributed by atoms with van der Waals surface area (Å²) in [5.74, 6) is 0. The summed E-state index contributed by atoms with van der Waals surface area (Å²) in [6, 6.07) is 31.2. The van der Waals surface area contributed by atoms with Gasteiger partial charge < -0.3 is 0 Å². The number of aryl methyl sites for hydroxylation is 1. The summed E-state index contributed by atoms with van der Waals surface area (Å²) in [5.41, 5.74) is 4.80. The van der Waals surface area contributed by atoms with Gasteiger partial charge in [0.05, 0.1) is 22.7 Å². The van der Waals surface area contributed by atoms with Crippen LogP contribution in [0.5, 0.6) is 0 Å². The van der Waals surface area contributed by atoms with Crippen molar-refractivity contribution < 1.29 is 8.42 Å². The summed E-state index contributed by atoms with van der Waals surface area (Å²) in [4.78, 5) is 3.94. The molecule has 1 aromatic heterocycles. The molecule has 1 heterocycles. The third-order valence-corrected chi connectivity index (χ3v) is 7.46. The molecule has 0 atom stereocenters. The van der Waals surface area contributed by atoms with Crippen LogP contribution in [0, 0.1) is 13.5 Å². The fourth-order valence-corrected chi connectivity index (χ4v) is 5.74. The van der Waals surface area contributed by atoms with E-state index in [4.69, 9.17) is 6.57 Å². The first kappa shape index (κ1) is 20.7. The molecule has 4 nitrogen and oxygen atoms in total. The van der Waals surface area contributed by atoms with Crippen molar-refractivity contribution >= 4 is 26.6 Å². The van der Waals surface area contributed by atoms with Crippen molar-refractivity contribution in [2.75, 3.05) is 0 Å². The number of rotatable bonds is 4. The maximum Gasteiger partial charge on any atom is 0.268 e. The lowest BCUT2D eigenvalue weighted by Gasteiger charge is -2.14. The van der Waals surface area contributed by atoms with Gasteiger partial charge in [0.25, 0.3) is 10.0 Å². The Balaban J connectivity index is 1.98. The number of para-hydroxylation sites is 2. The van der Waals surface area contributed by atoms with Crippen LogP contribution in [0.25, 0.3) is 38.1 Å². The van der Waals surface area contributed by atoms with E-state index in [-0.39, 0.29) is 4.90 Å². The molecule has 4 aromatic carbocycles. The largest absolute Gasteiger partial charge is 0.268 e. The number of hydrogen-bond acceptors (Lipinski definition) is 2. The monoisotopic (exact) mass is 448 g/mol. The molecular weight excluding hydrogens is 428 g/mol. The first-order chi connectivity index (χ1) is 16.0. The van der Waals surface area contributed by atoms with Crippen molar-refractivity contribution in [3.05, 3.63) is 120 Å². The molecule has 0 aliphatic heterocycles. The minimum absolute atomic E-state index is 0.219. The predicted octanol–water partition coefficient (Wildman–Crippen LogP) is 7.07. The van der Waals surface area contributed by atoms with Crippen molar-refractivity contribution in [2.24, 2.45) is 0 Å². The maximum absolute atomic E-state index is 14.1. The van der Waals surface area contributed by atoms with Gasteiger partial charge in [-0.25, -0.2) is 17.2 Å². The van der Waals surface area contributed by atoms with Crippen LogP contribution in [0.15, 0.2) is 108 Å². The Bertz CT molecular complexity index is 1630. The topological polar surface area (TPSA) is 43.4 Å². The van der Waals surface area contributed by atoms with E-state index >= 15 is 0 Å². The van der Waals surface area contributed by atoms with E-state index in [2.05, 4.69) is 4.85 Å². The first-order valence-corrected chi connectivity index (χ1v) is 11.9. The molecule has 0 bridgehead atoms. The van der Waals surface area contributed by atoms with Gasteiger partial charge in [-0.05, 0) is 36.2 Å². The van der Waals surface area contributed by atoms with E-state index in [0.29, 0.717) is 22.5 Å². The third-order valence-electron chi connectivity index (χ3n) is 5.73. The maximum atomic E-state index is 14.1. The quantitative estimate of drug-likeness (QED) is 0.276. The van der Waals surface area contributed by atoms with Crippen LogP contribution in [0.1, 0.15) is 5.56 Å². The molecule has 5 rings (SSSR count). The zero-order chi connectivity index (χ0) is 23.0. The fourth-order valence-electron chi connectivity index (χ4n) is 4.19. The lowest BCUT2D eigenvalue weighted by Crippen LogP contribution is -2.14. The molecule has 0 aliphatic rings. The molecule has 0 N–H and O–H groups in total. The molecule has 0 unspecified atom stereocenters. The van der Waals surface area contributed by atoms with Crippen molar-refractivity contribution in [1.29, 1.82) is 0 Å². The predicted molar refractivity (Wildman–Crippen MR) is 133 cm³/mol. The van der Waals surface area contributed by atoms with Crippen molar-refractivity contribution in [3.63, 3.8) is 0 Å². The zero-order valence-electron chi connectivity index (χ0n) is 17.9. The van der Waals surface area contributed by atoms with Crippen LogP contribution in [0.3, 0.4) is 0 Å². The van der Waals surface area contributed by atoms with E-state index in [0.717, 1.165) is 22.1 Å². The Kier molecular flexibility index (Phi) is 5.08. The minimum atomic E-state index is -3.93. The highest BCUT2D eigenvalue weighted by Crippen LogP contribution is 2.45. The molecule has 5 aromatic rings. The van der Waals surface area contributed by atoms with Crippen LogP contribution >= 0.6 is 0 Å². The van der Waals surface area contributed by atoms with Crippen LogP contribution in [-0.4, -0.2) is 12.4 Å². The highest BCUT2D eigenvalue weighted by molar-refractivity contribution is 7.90. The molecule has 0 saturated carbocycles. The Labute approximate surface area is 193 Å². The smallest absolute Gasteiger partial charge is 0.238 e. The highest BCUT2D eigenvalue weighted by Gasteiger charge is 2.29. The van der Waals surface area contributed by atoms with Crippen LogP contribution < -0.4 is 0 Å². The molecule has 0 fully saturated rings. The van der Waals surface area contributed by atoms with Gasteiger partial charge in [-0.15, -0.1) is 0 Å². The van der Waals surface area contributed by atoms with Crippen molar-refractivity contribution in [3.8, 4) is 22.4 Å². The van der Waals surface area contributed by atoms with Crippen LogP contribution in [0.4, 0.5) is 5.69 Å². The molecular formula is C28H20N2O2S. The van der Waals surface area contributed by atoms with E-state index in [9.17, 15) is 8.42 Å². The van der Waals surface area contributed by atoms with Crippen LogP contribution in [-0.2, 0) is 10.0 Å². The lowest BCUT2D eigenvalue weighted by atomic mass is 9.97. The second-order valence-electron chi connectivity index (χ2n) is 7.82. The summed E-state index contributed by atoms with van der Waals surface area (Å²) in [6.45, 7) is 9.63. The minimum Gasteiger partial charge on any atom is -0.238 e. The molecule has 160 valence electrons.